The number of nitrogens with one attached hydrogen (secondary N) is 7. The number of fused-ring (bicyclic) bond motifs is 7. The van der Waals surface area contributed by atoms with E-state index < -0.39 is 0 Å². The van der Waals surface area contributed by atoms with E-state index in [1.807, 2.05) is 28.9 Å². The molecule has 4 aromatic heterocycles. The Morgan fingerprint density at radius 3 is 1.32 bits per heavy atom. The molecule has 0 atom stereocenters. The van der Waals surface area contributed by atoms with Gasteiger partial charge in [0, 0.05) is 99.0 Å². The molecule has 0 saturated heterocycles. The molecule has 15 nitrogen and oxygen atoms in total. The highest BCUT2D eigenvalue weighted by molar-refractivity contribution is 7.18. The van der Waals surface area contributed by atoms with Crippen molar-refractivity contribution >= 4 is 105 Å². The fourth-order valence-electron chi connectivity index (χ4n) is 13.9. The Labute approximate surface area is 711 Å². The van der Waals surface area contributed by atoms with Crippen LogP contribution in [0.3, 0.4) is 0 Å². The SMILES string of the molecule is CC(C)Nc1cc(C(C)C)cc2c1CCCO2.CC(C)Nc1cc(C(C)C)cc2c1OCCC2.CC(C)Nc1cc(C(C)C)cc2c1OCCO2.CC(C)Nc1cc(C(C)C)cc2ccsc12.CC(C)Nc1cc(C(C)C)cc2nccnc12.CC(C)Nc1cc(C(C)C)cc2ncncc12.CC(C)Nc1cc(C(C)C)cc2sccc12. The summed E-state index contributed by atoms with van der Waals surface area (Å²) >= 11 is 3.63. The third-order valence-corrected chi connectivity index (χ3v) is 21.8. The van der Waals surface area contributed by atoms with E-state index in [1.165, 1.54) is 93.0 Å². The summed E-state index contributed by atoms with van der Waals surface area (Å²) in [5.74, 6) is 7.64. The monoisotopic (exact) mass is 1630 g/mol. The summed E-state index contributed by atoms with van der Waals surface area (Å²) in [7, 11) is 0. The van der Waals surface area contributed by atoms with E-state index in [0.29, 0.717) is 96.9 Å². The van der Waals surface area contributed by atoms with Gasteiger partial charge in [0.2, 0.25) is 0 Å². The van der Waals surface area contributed by atoms with Crippen LogP contribution in [0.25, 0.3) is 42.1 Å². The molecule has 0 amide bonds. The van der Waals surface area contributed by atoms with Gasteiger partial charge in [-0.3, -0.25) is 9.97 Å². The predicted molar refractivity (Wildman–Crippen MR) is 511 cm³/mol. The number of aryl methyl sites for hydroxylation is 1. The van der Waals surface area contributed by atoms with Gasteiger partial charge in [-0.2, -0.15) is 0 Å². The van der Waals surface area contributed by atoms with Gasteiger partial charge in [0.1, 0.15) is 36.6 Å². The third-order valence-electron chi connectivity index (χ3n) is 19.9. The first-order valence-corrected chi connectivity index (χ1v) is 45.2. The van der Waals surface area contributed by atoms with Crippen LogP contribution in [0.15, 0.2) is 133 Å². The summed E-state index contributed by atoms with van der Waals surface area (Å²) in [4.78, 5) is 17.2. The minimum Gasteiger partial charge on any atom is -0.493 e. The largest absolute Gasteiger partial charge is 0.493 e. The lowest BCUT2D eigenvalue weighted by Crippen LogP contribution is -2.19. The Kier molecular flexibility index (Phi) is 35.7. The lowest BCUT2D eigenvalue weighted by molar-refractivity contribution is 0.172. The first-order valence-electron chi connectivity index (χ1n) is 43.4. The van der Waals surface area contributed by atoms with Gasteiger partial charge in [-0.25, -0.2) is 9.97 Å². The smallest absolute Gasteiger partial charge is 0.184 e. The van der Waals surface area contributed by atoms with E-state index in [0.717, 1.165) is 101 Å². The molecule has 0 fully saturated rings. The Hall–Kier alpha value is -9.06. The highest BCUT2D eigenvalue weighted by atomic mass is 32.1. The summed E-state index contributed by atoms with van der Waals surface area (Å²) in [6.07, 6.45) is 11.5. The van der Waals surface area contributed by atoms with E-state index in [4.69, 9.17) is 18.9 Å². The van der Waals surface area contributed by atoms with Gasteiger partial charge in [-0.15, -0.1) is 22.7 Å². The van der Waals surface area contributed by atoms with Gasteiger partial charge in [0.25, 0.3) is 0 Å². The van der Waals surface area contributed by atoms with Crippen molar-refractivity contribution in [2.75, 3.05) is 63.6 Å². The van der Waals surface area contributed by atoms with Gasteiger partial charge in [0.05, 0.1) is 51.7 Å². The van der Waals surface area contributed by atoms with Crippen LogP contribution in [0.1, 0.15) is 298 Å². The minimum absolute atomic E-state index is 0.382. The molecule has 3 aliphatic rings. The zero-order valence-corrected chi connectivity index (χ0v) is 77.8. The molecule has 0 bridgehead atoms. The Morgan fingerprint density at radius 2 is 0.735 bits per heavy atom. The van der Waals surface area contributed by atoms with Crippen LogP contribution in [0.2, 0.25) is 0 Å². The van der Waals surface area contributed by atoms with Gasteiger partial charge in [-0.05, 0) is 316 Å². The van der Waals surface area contributed by atoms with Crippen molar-refractivity contribution in [2.45, 2.75) is 303 Å². The van der Waals surface area contributed by atoms with Gasteiger partial charge in [0.15, 0.2) is 11.5 Å². The normalized spacial score (nSPS) is 12.8. The standard InChI is InChI=1S/2C15H23NO.2C14H19N3.C14H21NO2.2C14H19NS/c1-10(2)12-8-14(16-11(3)4)13-6-5-7-17-15(13)9-12;1-10(2)13-8-12-6-5-7-17-15(12)14(9-13)16-11(3)4;1-9(2)11-5-13-12(7-15-8-16-13)14(6-11)17-10(3)4;1-9(2)11-7-12-14(16-6-5-15-12)13(8-11)17-10(3)4;1-9(2)11-7-12(15-10(3)4)14-13(8-11)16-5-6-17-14;1-9(2)11-7-13(15-10(3)4)12-5-6-16-14(12)8-11;1-9(2)12-7-11-5-6-16-14(11)13(8-12)15-10(3)4/h2*8-11,16H,5-7H2,1-4H3;2*5-10,17H,1-4H3;7-10,15H,5-6H2,1-4H3;2*5-10,15H,1-4H3. The molecule has 0 spiro atoms. The topological polar surface area (TPSA) is 173 Å². The summed E-state index contributed by atoms with van der Waals surface area (Å²) < 4.78 is 25.8. The van der Waals surface area contributed by atoms with Crippen molar-refractivity contribution < 1.29 is 18.9 Å². The fourth-order valence-corrected chi connectivity index (χ4v) is 15.6. The molecule has 634 valence electrons. The van der Waals surface area contributed by atoms with Gasteiger partial charge < -0.3 is 56.2 Å². The molecule has 0 unspecified atom stereocenters. The summed E-state index contributed by atoms with van der Waals surface area (Å²) in [6, 6.07) is 38.6. The second-order valence-corrected chi connectivity index (χ2v) is 37.5. The molecule has 0 saturated carbocycles. The number of anilines is 7. The van der Waals surface area contributed by atoms with Crippen LogP contribution in [0.5, 0.6) is 23.0 Å². The second-order valence-electron chi connectivity index (χ2n) is 35.6. The molecule has 7 heterocycles. The summed E-state index contributed by atoms with van der Waals surface area (Å²) in [5, 5.41) is 32.6. The maximum absolute atomic E-state index is 5.83. The lowest BCUT2D eigenvalue weighted by atomic mass is 9.95. The molecule has 0 aliphatic carbocycles. The minimum atomic E-state index is 0.382. The van der Waals surface area contributed by atoms with E-state index in [2.05, 4.69) is 359 Å². The van der Waals surface area contributed by atoms with Gasteiger partial charge >= 0.3 is 0 Å². The maximum Gasteiger partial charge on any atom is 0.184 e. The molecule has 17 heteroatoms. The van der Waals surface area contributed by atoms with Crippen molar-refractivity contribution in [1.29, 1.82) is 0 Å². The number of benzene rings is 7. The van der Waals surface area contributed by atoms with E-state index in [1.54, 1.807) is 18.7 Å². The van der Waals surface area contributed by atoms with Crippen molar-refractivity contribution in [3.8, 4) is 23.0 Å². The van der Waals surface area contributed by atoms with Crippen LogP contribution < -0.4 is 56.2 Å². The Morgan fingerprint density at radius 1 is 0.325 bits per heavy atom. The number of hydrogen-bond donors (Lipinski definition) is 7. The first-order chi connectivity index (χ1) is 55.5. The summed E-state index contributed by atoms with van der Waals surface area (Å²) in [6.45, 7) is 64.2. The molecule has 14 rings (SSSR count). The molecule has 7 N–H and O–H groups in total. The average Bonchev–Trinajstić information content (AvgIpc) is 0.937. The van der Waals surface area contributed by atoms with Crippen molar-refractivity contribution in [1.82, 2.24) is 19.9 Å². The fraction of sp³-hybridized carbons (Fsp3) is 0.500. The number of nitrogens with zero attached hydrogens (tertiary/aromatic N) is 4. The maximum atomic E-state index is 5.83. The van der Waals surface area contributed by atoms with Crippen LogP contribution >= 0.6 is 22.7 Å². The van der Waals surface area contributed by atoms with Crippen molar-refractivity contribution in [3.63, 3.8) is 0 Å². The number of hydrogen-bond acceptors (Lipinski definition) is 17. The molecule has 3 aliphatic heterocycles. The second kappa shape index (κ2) is 44.7. The highest BCUT2D eigenvalue weighted by Gasteiger charge is 2.23. The van der Waals surface area contributed by atoms with E-state index in [-0.39, 0.29) is 0 Å². The van der Waals surface area contributed by atoms with Crippen molar-refractivity contribution in [3.05, 3.63) is 183 Å². The summed E-state index contributed by atoms with van der Waals surface area (Å²) in [5.41, 5.74) is 23.3. The molecule has 11 aromatic rings. The number of ether oxygens (including phenoxy) is 4. The van der Waals surface area contributed by atoms with Gasteiger partial charge in [-0.1, -0.05) is 103 Å². The third kappa shape index (κ3) is 27.8. The van der Waals surface area contributed by atoms with Crippen LogP contribution in [0, 0.1) is 0 Å². The van der Waals surface area contributed by atoms with E-state index in [9.17, 15) is 0 Å². The average molecular weight is 1630 g/mol. The molecule has 0 radical (unpaired) electrons. The molecular weight excluding hydrogens is 1480 g/mol. The number of rotatable bonds is 21. The number of thiophene rings is 2. The quantitative estimate of drug-likeness (QED) is 0.0362. The van der Waals surface area contributed by atoms with Crippen LogP contribution in [-0.4, -0.2) is 88.7 Å². The lowest BCUT2D eigenvalue weighted by Gasteiger charge is -2.24. The molecule has 7 aromatic carbocycles. The molecule has 117 heavy (non-hydrogen) atoms. The Balaban J connectivity index is 0.000000170. The first kappa shape index (κ1) is 93.4. The van der Waals surface area contributed by atoms with Crippen LogP contribution in [0.4, 0.5) is 39.8 Å². The zero-order valence-electron chi connectivity index (χ0n) is 76.2. The van der Waals surface area contributed by atoms with Crippen molar-refractivity contribution in [2.24, 2.45) is 0 Å². The zero-order chi connectivity index (χ0) is 85.5. The predicted octanol–water partition coefficient (Wildman–Crippen LogP) is 28.1. The Bertz CT molecular complexity index is 4540. The number of aromatic nitrogens is 4. The highest BCUT2D eigenvalue weighted by Crippen LogP contribution is 2.43. The van der Waals surface area contributed by atoms with Crippen LogP contribution in [-0.2, 0) is 12.8 Å². The molecular formula is C100H143N11O4S2. The van der Waals surface area contributed by atoms with E-state index >= 15 is 0 Å².